The predicted molar refractivity (Wildman–Crippen MR) is 85.6 cm³/mol. The van der Waals surface area contributed by atoms with Crippen LogP contribution in [0.3, 0.4) is 0 Å². The van der Waals surface area contributed by atoms with Crippen LogP contribution in [0.15, 0.2) is 58.2 Å². The lowest BCUT2D eigenvalue weighted by Gasteiger charge is -2.06. The van der Waals surface area contributed by atoms with Gasteiger partial charge in [-0.3, -0.25) is 9.78 Å². The van der Waals surface area contributed by atoms with Crippen LogP contribution in [0.4, 0.5) is 0 Å². The largest absolute Gasteiger partial charge is 0.352 e. The zero-order chi connectivity index (χ0) is 14.2. The highest BCUT2D eigenvalue weighted by Crippen LogP contribution is 2.27. The Balaban J connectivity index is 1.69. The molecule has 0 fully saturated rings. The first-order valence-electron chi connectivity index (χ1n) is 6.28. The van der Waals surface area contributed by atoms with E-state index in [1.165, 1.54) is 0 Å². The average Bonchev–Trinajstić information content (AvgIpc) is 2.48. The van der Waals surface area contributed by atoms with Gasteiger partial charge in [-0.1, -0.05) is 18.2 Å². The van der Waals surface area contributed by atoms with Gasteiger partial charge in [-0.15, -0.1) is 11.8 Å². The number of amides is 1. The Kier molecular flexibility index (Phi) is 6.08. The van der Waals surface area contributed by atoms with Gasteiger partial charge in [0.15, 0.2) is 0 Å². The topological polar surface area (TPSA) is 42.0 Å². The van der Waals surface area contributed by atoms with E-state index in [1.807, 2.05) is 36.4 Å². The summed E-state index contributed by atoms with van der Waals surface area (Å²) in [6, 6.07) is 11.8. The number of thioether (sulfide) groups is 1. The van der Waals surface area contributed by atoms with Crippen LogP contribution in [-0.2, 0) is 11.3 Å². The van der Waals surface area contributed by atoms with Crippen LogP contribution in [0.2, 0.25) is 0 Å². The second kappa shape index (κ2) is 8.07. The van der Waals surface area contributed by atoms with E-state index in [2.05, 4.69) is 26.2 Å². The number of rotatable bonds is 6. The van der Waals surface area contributed by atoms with E-state index >= 15 is 0 Å². The quantitative estimate of drug-likeness (QED) is 0.808. The van der Waals surface area contributed by atoms with Crippen molar-refractivity contribution in [2.45, 2.75) is 17.9 Å². The number of nitrogens with one attached hydrogen (secondary N) is 1. The molecule has 1 aromatic heterocycles. The maximum Gasteiger partial charge on any atom is 0.221 e. The van der Waals surface area contributed by atoms with Crippen LogP contribution in [0, 0.1) is 0 Å². The van der Waals surface area contributed by atoms with Gasteiger partial charge in [0, 0.05) is 40.5 Å². The second-order valence-electron chi connectivity index (χ2n) is 4.17. The molecule has 3 nitrogen and oxygen atoms in total. The van der Waals surface area contributed by atoms with Crippen molar-refractivity contribution in [2.24, 2.45) is 0 Å². The Morgan fingerprint density at radius 3 is 2.85 bits per heavy atom. The molecule has 0 saturated heterocycles. The van der Waals surface area contributed by atoms with Crippen molar-refractivity contribution in [3.63, 3.8) is 0 Å². The van der Waals surface area contributed by atoms with E-state index in [1.54, 1.807) is 24.2 Å². The summed E-state index contributed by atoms with van der Waals surface area (Å²) in [6.45, 7) is 0.534. The summed E-state index contributed by atoms with van der Waals surface area (Å²) >= 11 is 5.17. The molecular formula is C15H15BrN2OS. The molecule has 0 radical (unpaired) electrons. The summed E-state index contributed by atoms with van der Waals surface area (Å²) < 4.78 is 1.07. The summed E-state index contributed by atoms with van der Waals surface area (Å²) in [7, 11) is 0. The summed E-state index contributed by atoms with van der Waals surface area (Å²) in [6.07, 6.45) is 3.99. The Bertz CT molecular complexity index is 563. The molecule has 0 atom stereocenters. The molecule has 0 unspecified atom stereocenters. The van der Waals surface area contributed by atoms with E-state index in [-0.39, 0.29) is 5.91 Å². The monoisotopic (exact) mass is 350 g/mol. The second-order valence-corrected chi connectivity index (χ2v) is 6.16. The van der Waals surface area contributed by atoms with Crippen LogP contribution in [0.25, 0.3) is 0 Å². The van der Waals surface area contributed by atoms with Gasteiger partial charge in [-0.25, -0.2) is 0 Å². The smallest absolute Gasteiger partial charge is 0.221 e. The molecule has 0 spiro atoms. The number of hydrogen-bond acceptors (Lipinski definition) is 3. The molecule has 0 aliphatic rings. The third-order valence-electron chi connectivity index (χ3n) is 2.64. The zero-order valence-corrected chi connectivity index (χ0v) is 13.3. The van der Waals surface area contributed by atoms with Gasteiger partial charge in [0.1, 0.15) is 0 Å². The molecule has 104 valence electrons. The number of hydrogen-bond donors (Lipinski definition) is 1. The van der Waals surface area contributed by atoms with E-state index in [4.69, 9.17) is 0 Å². The maximum absolute atomic E-state index is 11.7. The number of nitrogens with zero attached hydrogens (tertiary/aromatic N) is 1. The lowest BCUT2D eigenvalue weighted by molar-refractivity contribution is -0.120. The fraction of sp³-hybridized carbons (Fsp3) is 0.200. The Labute approximate surface area is 131 Å². The van der Waals surface area contributed by atoms with Gasteiger partial charge in [0.25, 0.3) is 0 Å². The number of benzene rings is 1. The van der Waals surface area contributed by atoms with E-state index < -0.39 is 0 Å². The van der Waals surface area contributed by atoms with Gasteiger partial charge in [0.2, 0.25) is 5.91 Å². The van der Waals surface area contributed by atoms with Gasteiger partial charge in [0.05, 0.1) is 0 Å². The van der Waals surface area contributed by atoms with E-state index in [0.29, 0.717) is 13.0 Å². The fourth-order valence-corrected chi connectivity index (χ4v) is 3.12. The van der Waals surface area contributed by atoms with E-state index in [9.17, 15) is 4.79 Å². The first-order chi connectivity index (χ1) is 9.75. The molecule has 5 heteroatoms. The SMILES string of the molecule is O=C(CCSc1ccccc1Br)NCc1cccnc1. The molecular weight excluding hydrogens is 336 g/mol. The third kappa shape index (κ3) is 4.98. The first kappa shape index (κ1) is 15.1. The van der Waals surface area contributed by atoms with Crippen molar-refractivity contribution in [3.8, 4) is 0 Å². The molecule has 1 aromatic carbocycles. The van der Waals surface area contributed by atoms with Crippen molar-refractivity contribution in [3.05, 3.63) is 58.8 Å². The number of pyridine rings is 1. The van der Waals surface area contributed by atoms with Crippen LogP contribution in [0.5, 0.6) is 0 Å². The fourth-order valence-electron chi connectivity index (χ4n) is 1.61. The lowest BCUT2D eigenvalue weighted by atomic mass is 10.3. The number of carbonyl (C=O) groups excluding carboxylic acids is 1. The standard InChI is InChI=1S/C15H15BrN2OS/c16-13-5-1-2-6-14(13)20-9-7-15(19)18-11-12-4-3-8-17-10-12/h1-6,8,10H,7,9,11H2,(H,18,19). The van der Waals surface area contributed by atoms with Crippen LogP contribution < -0.4 is 5.32 Å². The highest BCUT2D eigenvalue weighted by molar-refractivity contribution is 9.10. The predicted octanol–water partition coefficient (Wildman–Crippen LogP) is 3.64. The third-order valence-corrected chi connectivity index (χ3v) is 4.67. The summed E-state index contributed by atoms with van der Waals surface area (Å²) in [5.74, 6) is 0.829. The summed E-state index contributed by atoms with van der Waals surface area (Å²) in [5, 5.41) is 2.90. The molecule has 20 heavy (non-hydrogen) atoms. The van der Waals surface area contributed by atoms with Crippen molar-refractivity contribution in [1.29, 1.82) is 0 Å². The van der Waals surface area contributed by atoms with Gasteiger partial charge >= 0.3 is 0 Å². The molecule has 2 rings (SSSR count). The van der Waals surface area contributed by atoms with Gasteiger partial charge in [-0.05, 0) is 39.7 Å². The summed E-state index contributed by atoms with van der Waals surface area (Å²) in [5.41, 5.74) is 1.01. The van der Waals surface area contributed by atoms with Crippen LogP contribution >= 0.6 is 27.7 Å². The lowest BCUT2D eigenvalue weighted by Crippen LogP contribution is -2.23. The van der Waals surface area contributed by atoms with Crippen LogP contribution in [-0.4, -0.2) is 16.6 Å². The van der Waals surface area contributed by atoms with Crippen molar-refractivity contribution >= 4 is 33.6 Å². The van der Waals surface area contributed by atoms with Crippen LogP contribution in [0.1, 0.15) is 12.0 Å². The normalized spacial score (nSPS) is 10.2. The molecule has 0 aliphatic heterocycles. The number of aromatic nitrogens is 1. The highest BCUT2D eigenvalue weighted by atomic mass is 79.9. The number of halogens is 1. The Hall–Kier alpha value is -1.33. The van der Waals surface area contributed by atoms with Gasteiger partial charge in [-0.2, -0.15) is 0 Å². The summed E-state index contributed by atoms with van der Waals surface area (Å²) in [4.78, 5) is 16.9. The molecule has 1 amide bonds. The first-order valence-corrected chi connectivity index (χ1v) is 8.06. The number of carbonyl (C=O) groups is 1. The van der Waals surface area contributed by atoms with Crippen molar-refractivity contribution in [2.75, 3.05) is 5.75 Å². The Morgan fingerprint density at radius 2 is 2.10 bits per heavy atom. The average molecular weight is 351 g/mol. The molecule has 2 aromatic rings. The molecule has 0 saturated carbocycles. The molecule has 0 bridgehead atoms. The minimum absolute atomic E-state index is 0.0633. The minimum Gasteiger partial charge on any atom is -0.352 e. The zero-order valence-electron chi connectivity index (χ0n) is 10.9. The highest BCUT2D eigenvalue weighted by Gasteiger charge is 2.04. The maximum atomic E-state index is 11.7. The minimum atomic E-state index is 0.0633. The van der Waals surface area contributed by atoms with E-state index in [0.717, 1.165) is 20.7 Å². The molecule has 0 aliphatic carbocycles. The van der Waals surface area contributed by atoms with Crippen molar-refractivity contribution < 1.29 is 4.79 Å². The van der Waals surface area contributed by atoms with Gasteiger partial charge < -0.3 is 5.32 Å². The molecule has 1 N–H and O–H groups in total. The van der Waals surface area contributed by atoms with Crippen molar-refractivity contribution in [1.82, 2.24) is 10.3 Å². The molecule has 1 heterocycles. The Morgan fingerprint density at radius 1 is 1.25 bits per heavy atom.